The Morgan fingerprint density at radius 2 is 1.83 bits per heavy atom. The van der Waals surface area contributed by atoms with Crippen LogP contribution in [0.15, 0.2) is 36.0 Å². The van der Waals surface area contributed by atoms with Gasteiger partial charge in [0.25, 0.3) is 0 Å². The molecule has 1 aromatic rings. The van der Waals surface area contributed by atoms with Crippen molar-refractivity contribution in [3.8, 4) is 0 Å². The third kappa shape index (κ3) is 2.42. The molecule has 2 saturated carbocycles. The molecule has 124 valence electrons. The fraction of sp³-hybridized carbons (Fsp3) is 0.471. The summed E-state index contributed by atoms with van der Waals surface area (Å²) < 4.78 is 29.6. The van der Waals surface area contributed by atoms with E-state index in [-0.39, 0.29) is 26.9 Å². The molecule has 0 amide bonds. The SMILES string of the molecule is CC12CCC(C(=CNc3ccc([As](=O)(O)O)cc3)C1=O)C2(C)C. The number of nitrogens with one attached hydrogen (secondary N) is 1. The number of allylic oxidation sites excluding steroid dienone is 1. The summed E-state index contributed by atoms with van der Waals surface area (Å²) in [4.78, 5) is 12.7. The number of carbonyl (C=O) groups is 1. The summed E-state index contributed by atoms with van der Waals surface area (Å²) in [7, 11) is 0. The second kappa shape index (κ2) is 5.10. The zero-order valence-electron chi connectivity index (χ0n) is 13.5. The van der Waals surface area contributed by atoms with Gasteiger partial charge in [-0.15, -0.1) is 0 Å². The average Bonchev–Trinajstić information content (AvgIpc) is 2.77. The van der Waals surface area contributed by atoms with Crippen molar-refractivity contribution in [2.24, 2.45) is 16.7 Å². The van der Waals surface area contributed by atoms with Crippen LogP contribution in [-0.4, -0.2) is 28.1 Å². The molecule has 23 heavy (non-hydrogen) atoms. The Hall–Kier alpha value is -1.29. The third-order valence-corrected chi connectivity index (χ3v) is 8.00. The van der Waals surface area contributed by atoms with Crippen molar-refractivity contribution in [2.45, 2.75) is 33.6 Å². The fourth-order valence-electron chi connectivity index (χ4n) is 4.01. The summed E-state index contributed by atoms with van der Waals surface area (Å²) in [6, 6.07) is 6.10. The zero-order valence-corrected chi connectivity index (χ0v) is 15.4. The summed E-state index contributed by atoms with van der Waals surface area (Å²) in [5.41, 5.74) is 1.25. The first kappa shape index (κ1) is 16.6. The maximum absolute atomic E-state index is 12.7. The van der Waals surface area contributed by atoms with E-state index < -0.39 is 14.2 Å². The molecule has 0 aliphatic heterocycles. The van der Waals surface area contributed by atoms with Crippen molar-refractivity contribution in [3.63, 3.8) is 0 Å². The normalized spacial score (nSPS) is 30.9. The van der Waals surface area contributed by atoms with Crippen LogP contribution >= 0.6 is 0 Å². The minimum atomic E-state index is -4.84. The number of benzene rings is 1. The Kier molecular flexibility index (Phi) is 3.67. The van der Waals surface area contributed by atoms with Gasteiger partial charge in [-0.2, -0.15) is 0 Å². The van der Waals surface area contributed by atoms with E-state index in [1.54, 1.807) is 18.3 Å². The number of ketones is 1. The molecule has 2 aliphatic rings. The Labute approximate surface area is 138 Å². The summed E-state index contributed by atoms with van der Waals surface area (Å²) in [5.74, 6) is 0.492. The molecule has 2 fully saturated rings. The molecule has 6 heteroatoms. The van der Waals surface area contributed by atoms with Crippen LogP contribution in [0.25, 0.3) is 0 Å². The third-order valence-electron chi connectivity index (χ3n) is 5.96. The Bertz CT molecular complexity index is 731. The molecule has 0 aromatic heterocycles. The van der Waals surface area contributed by atoms with Gasteiger partial charge < -0.3 is 0 Å². The zero-order chi connectivity index (χ0) is 17.0. The predicted molar refractivity (Wildman–Crippen MR) is 88.3 cm³/mol. The van der Waals surface area contributed by atoms with Gasteiger partial charge in [0.15, 0.2) is 0 Å². The van der Waals surface area contributed by atoms with E-state index in [0.717, 1.165) is 18.4 Å². The van der Waals surface area contributed by atoms with Crippen LogP contribution in [0, 0.1) is 16.7 Å². The first-order chi connectivity index (χ1) is 10.6. The van der Waals surface area contributed by atoms with E-state index in [0.29, 0.717) is 5.69 Å². The molecule has 2 unspecified atom stereocenters. The van der Waals surface area contributed by atoms with Crippen molar-refractivity contribution in [3.05, 3.63) is 36.0 Å². The van der Waals surface area contributed by atoms with Crippen LogP contribution in [0.4, 0.5) is 5.69 Å². The summed E-state index contributed by atoms with van der Waals surface area (Å²) in [5, 5.41) is 3.11. The van der Waals surface area contributed by atoms with Crippen LogP contribution in [-0.2, 0) is 8.53 Å². The van der Waals surface area contributed by atoms with Gasteiger partial charge in [-0.05, 0) is 0 Å². The molecule has 1 aromatic carbocycles. The number of hydrogen-bond donors (Lipinski definition) is 3. The van der Waals surface area contributed by atoms with Crippen molar-refractivity contribution in [2.75, 3.05) is 5.32 Å². The van der Waals surface area contributed by atoms with Gasteiger partial charge in [0.2, 0.25) is 0 Å². The van der Waals surface area contributed by atoms with E-state index >= 15 is 0 Å². The van der Waals surface area contributed by atoms with Crippen LogP contribution in [0.1, 0.15) is 33.6 Å². The summed E-state index contributed by atoms with van der Waals surface area (Å²) in [6.07, 6.45) is 3.75. The molecule has 0 radical (unpaired) electrons. The quantitative estimate of drug-likeness (QED) is 0.548. The van der Waals surface area contributed by atoms with Crippen LogP contribution < -0.4 is 9.67 Å². The fourth-order valence-corrected chi connectivity index (χ4v) is 5.13. The van der Waals surface area contributed by atoms with Gasteiger partial charge in [-0.25, -0.2) is 0 Å². The number of rotatable bonds is 3. The first-order valence-electron chi connectivity index (χ1n) is 7.75. The van der Waals surface area contributed by atoms with E-state index in [1.165, 1.54) is 12.1 Å². The van der Waals surface area contributed by atoms with Crippen molar-refractivity contribution in [1.82, 2.24) is 0 Å². The Morgan fingerprint density at radius 1 is 1.22 bits per heavy atom. The second-order valence-electron chi connectivity index (χ2n) is 7.31. The molecular weight excluding hydrogens is 357 g/mol. The van der Waals surface area contributed by atoms with Crippen molar-refractivity contribution in [1.29, 1.82) is 0 Å². The minimum absolute atomic E-state index is 0.0235. The van der Waals surface area contributed by atoms with Gasteiger partial charge in [0, 0.05) is 0 Å². The van der Waals surface area contributed by atoms with Gasteiger partial charge in [0.05, 0.1) is 0 Å². The van der Waals surface area contributed by atoms with Gasteiger partial charge in [0.1, 0.15) is 0 Å². The number of fused-ring (bicyclic) bond motifs is 2. The van der Waals surface area contributed by atoms with Gasteiger partial charge >= 0.3 is 138 Å². The summed E-state index contributed by atoms with van der Waals surface area (Å²) in [6.45, 7) is 6.40. The molecule has 0 spiro atoms. The van der Waals surface area contributed by atoms with Gasteiger partial charge in [-0.1, -0.05) is 0 Å². The van der Waals surface area contributed by atoms with Crippen molar-refractivity contribution < 1.29 is 16.7 Å². The Morgan fingerprint density at radius 3 is 2.30 bits per heavy atom. The molecule has 2 atom stereocenters. The first-order valence-corrected chi connectivity index (χ1v) is 11.1. The van der Waals surface area contributed by atoms with Crippen LogP contribution in [0.3, 0.4) is 0 Å². The predicted octanol–water partition coefficient (Wildman–Crippen LogP) is 1.57. The maximum atomic E-state index is 12.7. The van der Waals surface area contributed by atoms with E-state index in [2.05, 4.69) is 26.1 Å². The molecule has 3 rings (SSSR count). The molecule has 0 saturated heterocycles. The topological polar surface area (TPSA) is 86.6 Å². The van der Waals surface area contributed by atoms with Crippen molar-refractivity contribution >= 4 is 30.0 Å². The average molecular weight is 379 g/mol. The second-order valence-corrected chi connectivity index (χ2v) is 10.7. The number of carbonyl (C=O) groups excluding carboxylic acids is 1. The monoisotopic (exact) mass is 379 g/mol. The molecular formula is C17H22AsNO4. The molecule has 3 N–H and O–H groups in total. The standard InChI is InChI=1S/C17H22AsNO4/c1-16(2)14-8-9-17(16,3)15(20)13(14)10-19-12-6-4-11(5-7-12)18(21,22)23/h4-7,10,14,19H,8-9H2,1-3H3,(H2,21,22,23). The van der Waals surface area contributed by atoms with Crippen LogP contribution in [0.2, 0.25) is 0 Å². The van der Waals surface area contributed by atoms with E-state index in [9.17, 15) is 8.53 Å². The molecule has 2 aliphatic carbocycles. The number of anilines is 1. The number of Topliss-reactive ketones (excluding diaryl/α,β-unsaturated/α-hetero) is 1. The van der Waals surface area contributed by atoms with Gasteiger partial charge in [-0.3, -0.25) is 0 Å². The summed E-state index contributed by atoms with van der Waals surface area (Å²) >= 11 is -4.84. The molecule has 0 heterocycles. The molecule has 2 bridgehead atoms. The van der Waals surface area contributed by atoms with Crippen LogP contribution in [0.5, 0.6) is 0 Å². The molecule has 5 nitrogen and oxygen atoms in total. The van der Waals surface area contributed by atoms with E-state index in [4.69, 9.17) is 8.19 Å². The van der Waals surface area contributed by atoms with E-state index in [1.807, 2.05) is 0 Å². The number of hydrogen-bond acceptors (Lipinski definition) is 3. The Balaban J connectivity index is 1.82.